The Morgan fingerprint density at radius 3 is 2.59 bits per heavy atom. The summed E-state index contributed by atoms with van der Waals surface area (Å²) >= 11 is 0. The number of nitrogens with zero attached hydrogens (tertiary/aromatic N) is 3. The molecular formula is C12H19N5. The average molecular weight is 233 g/mol. The summed E-state index contributed by atoms with van der Waals surface area (Å²) in [7, 11) is 1.98. The summed E-state index contributed by atoms with van der Waals surface area (Å²) in [5.74, 6) is 0. The van der Waals surface area contributed by atoms with Gasteiger partial charge in [-0.05, 0) is 20.8 Å². The highest BCUT2D eigenvalue weighted by Gasteiger charge is 2.08. The van der Waals surface area contributed by atoms with Gasteiger partial charge >= 0.3 is 0 Å². The van der Waals surface area contributed by atoms with Crippen LogP contribution in [0.15, 0.2) is 6.20 Å². The summed E-state index contributed by atoms with van der Waals surface area (Å²) in [4.78, 5) is 0. The van der Waals surface area contributed by atoms with E-state index in [4.69, 9.17) is 0 Å². The lowest BCUT2D eigenvalue weighted by Crippen LogP contribution is -2.14. The van der Waals surface area contributed by atoms with Gasteiger partial charge in [-0.1, -0.05) is 0 Å². The maximum Gasteiger partial charge on any atom is 0.0641 e. The number of hydrogen-bond donors (Lipinski definition) is 2. The first-order valence-corrected chi connectivity index (χ1v) is 5.78. The fraction of sp³-hybridized carbons (Fsp3) is 0.500. The molecule has 2 N–H and O–H groups in total. The minimum atomic E-state index is 0.829. The summed E-state index contributed by atoms with van der Waals surface area (Å²) in [6.07, 6.45) is 1.87. The summed E-state index contributed by atoms with van der Waals surface area (Å²) in [6, 6.07) is 0. The van der Waals surface area contributed by atoms with Crippen LogP contribution < -0.4 is 5.32 Å². The molecule has 0 unspecified atom stereocenters. The quantitative estimate of drug-likeness (QED) is 0.838. The van der Waals surface area contributed by atoms with E-state index in [1.165, 1.54) is 16.8 Å². The molecule has 0 atom stereocenters. The first-order valence-electron chi connectivity index (χ1n) is 5.78. The van der Waals surface area contributed by atoms with Crippen LogP contribution in [-0.4, -0.2) is 20.0 Å². The Bertz CT molecular complexity index is 509. The van der Waals surface area contributed by atoms with Crippen LogP contribution in [-0.2, 0) is 20.1 Å². The normalized spacial score (nSPS) is 11.1. The molecule has 2 heterocycles. The lowest BCUT2D eigenvalue weighted by molar-refractivity contribution is 0.682. The molecule has 2 aromatic rings. The Morgan fingerprint density at radius 1 is 1.29 bits per heavy atom. The molecule has 0 saturated heterocycles. The highest BCUT2D eigenvalue weighted by Crippen LogP contribution is 2.11. The van der Waals surface area contributed by atoms with Crippen molar-refractivity contribution in [1.82, 2.24) is 25.3 Å². The molecule has 0 aliphatic heterocycles. The standard InChI is InChI=1S/C12H19N5/c1-8-11(6-14-15-8)5-13-7-12-9(2)16-17(4)10(12)3/h6,13H,5,7H2,1-4H3,(H,14,15). The predicted octanol–water partition coefficient (Wildman–Crippen LogP) is 1.36. The zero-order chi connectivity index (χ0) is 12.4. The highest BCUT2D eigenvalue weighted by molar-refractivity contribution is 5.24. The maximum absolute atomic E-state index is 4.40. The Hall–Kier alpha value is -1.62. The second kappa shape index (κ2) is 4.71. The fourth-order valence-corrected chi connectivity index (χ4v) is 1.95. The van der Waals surface area contributed by atoms with E-state index >= 15 is 0 Å². The first-order chi connectivity index (χ1) is 8.09. The number of aromatic nitrogens is 4. The van der Waals surface area contributed by atoms with E-state index in [0.717, 1.165) is 24.5 Å². The number of aryl methyl sites for hydroxylation is 3. The summed E-state index contributed by atoms with van der Waals surface area (Å²) in [5, 5.41) is 14.8. The molecule has 2 rings (SSSR count). The van der Waals surface area contributed by atoms with Crippen molar-refractivity contribution in [3.05, 3.63) is 34.4 Å². The number of hydrogen-bond acceptors (Lipinski definition) is 3. The summed E-state index contributed by atoms with van der Waals surface area (Å²) < 4.78 is 1.93. The van der Waals surface area contributed by atoms with E-state index in [0.29, 0.717) is 0 Å². The third-order valence-electron chi connectivity index (χ3n) is 3.21. The van der Waals surface area contributed by atoms with E-state index in [1.54, 1.807) is 0 Å². The average Bonchev–Trinajstić information content (AvgIpc) is 2.78. The van der Waals surface area contributed by atoms with Crippen molar-refractivity contribution in [3.63, 3.8) is 0 Å². The second-order valence-electron chi connectivity index (χ2n) is 4.40. The van der Waals surface area contributed by atoms with Crippen LogP contribution in [0.2, 0.25) is 0 Å². The van der Waals surface area contributed by atoms with Gasteiger partial charge in [0, 0.05) is 42.7 Å². The van der Waals surface area contributed by atoms with Gasteiger partial charge in [-0.25, -0.2) is 0 Å². The molecule has 5 heteroatoms. The lowest BCUT2D eigenvalue weighted by atomic mass is 10.2. The van der Waals surface area contributed by atoms with Gasteiger partial charge in [0.1, 0.15) is 0 Å². The Morgan fingerprint density at radius 2 is 2.06 bits per heavy atom. The molecule has 0 spiro atoms. The van der Waals surface area contributed by atoms with Gasteiger partial charge in [0.15, 0.2) is 0 Å². The molecule has 0 amide bonds. The smallest absolute Gasteiger partial charge is 0.0641 e. The van der Waals surface area contributed by atoms with Gasteiger partial charge in [0.2, 0.25) is 0 Å². The van der Waals surface area contributed by atoms with Gasteiger partial charge in [-0.3, -0.25) is 9.78 Å². The van der Waals surface area contributed by atoms with Crippen molar-refractivity contribution >= 4 is 0 Å². The van der Waals surface area contributed by atoms with Crippen LogP contribution in [0, 0.1) is 20.8 Å². The Labute approximate surface area is 101 Å². The molecule has 0 aromatic carbocycles. The zero-order valence-electron chi connectivity index (χ0n) is 10.8. The largest absolute Gasteiger partial charge is 0.308 e. The van der Waals surface area contributed by atoms with E-state index in [9.17, 15) is 0 Å². The topological polar surface area (TPSA) is 58.5 Å². The molecule has 0 fully saturated rings. The lowest BCUT2D eigenvalue weighted by Gasteiger charge is -2.04. The van der Waals surface area contributed by atoms with Gasteiger partial charge < -0.3 is 5.32 Å². The molecule has 0 radical (unpaired) electrons. The highest BCUT2D eigenvalue weighted by atomic mass is 15.3. The summed E-state index contributed by atoms with van der Waals surface area (Å²) in [5.41, 5.74) is 5.94. The molecule has 92 valence electrons. The van der Waals surface area contributed by atoms with Crippen LogP contribution in [0.1, 0.15) is 28.2 Å². The zero-order valence-corrected chi connectivity index (χ0v) is 10.8. The van der Waals surface area contributed by atoms with Crippen LogP contribution >= 0.6 is 0 Å². The van der Waals surface area contributed by atoms with E-state index in [2.05, 4.69) is 27.5 Å². The second-order valence-corrected chi connectivity index (χ2v) is 4.40. The van der Waals surface area contributed by atoms with E-state index in [-0.39, 0.29) is 0 Å². The maximum atomic E-state index is 4.40. The third-order valence-corrected chi connectivity index (χ3v) is 3.21. The van der Waals surface area contributed by atoms with Gasteiger partial charge in [-0.15, -0.1) is 0 Å². The van der Waals surface area contributed by atoms with E-state index in [1.807, 2.05) is 31.8 Å². The third kappa shape index (κ3) is 2.39. The Kier molecular flexibility index (Phi) is 3.28. The monoisotopic (exact) mass is 233 g/mol. The predicted molar refractivity (Wildman–Crippen MR) is 66.6 cm³/mol. The van der Waals surface area contributed by atoms with Crippen LogP contribution in [0.3, 0.4) is 0 Å². The first kappa shape index (κ1) is 11.9. The Balaban J connectivity index is 1.97. The van der Waals surface area contributed by atoms with Gasteiger partial charge in [0.25, 0.3) is 0 Å². The summed E-state index contributed by atoms with van der Waals surface area (Å²) in [6.45, 7) is 7.85. The molecule has 0 aliphatic carbocycles. The molecular weight excluding hydrogens is 214 g/mol. The van der Waals surface area contributed by atoms with Crippen molar-refractivity contribution in [1.29, 1.82) is 0 Å². The van der Waals surface area contributed by atoms with Crippen LogP contribution in [0.5, 0.6) is 0 Å². The molecule has 0 saturated carbocycles. The molecule has 5 nitrogen and oxygen atoms in total. The SMILES string of the molecule is Cc1nn(C)c(C)c1CNCc1cn[nH]c1C. The van der Waals surface area contributed by atoms with Crippen molar-refractivity contribution < 1.29 is 0 Å². The minimum absolute atomic E-state index is 0.829. The minimum Gasteiger partial charge on any atom is -0.308 e. The number of nitrogens with one attached hydrogen (secondary N) is 2. The van der Waals surface area contributed by atoms with Crippen LogP contribution in [0.25, 0.3) is 0 Å². The van der Waals surface area contributed by atoms with Crippen molar-refractivity contribution in [2.75, 3.05) is 0 Å². The van der Waals surface area contributed by atoms with Crippen molar-refractivity contribution in [3.8, 4) is 0 Å². The molecule has 2 aromatic heterocycles. The van der Waals surface area contributed by atoms with Gasteiger partial charge in [0.05, 0.1) is 11.9 Å². The number of rotatable bonds is 4. The van der Waals surface area contributed by atoms with E-state index < -0.39 is 0 Å². The fourth-order valence-electron chi connectivity index (χ4n) is 1.95. The molecule has 17 heavy (non-hydrogen) atoms. The number of aromatic amines is 1. The molecule has 0 bridgehead atoms. The van der Waals surface area contributed by atoms with Crippen molar-refractivity contribution in [2.45, 2.75) is 33.9 Å². The number of H-pyrrole nitrogens is 1. The molecule has 0 aliphatic rings. The van der Waals surface area contributed by atoms with Gasteiger partial charge in [-0.2, -0.15) is 10.2 Å². The van der Waals surface area contributed by atoms with Crippen LogP contribution in [0.4, 0.5) is 0 Å². The van der Waals surface area contributed by atoms with Crippen molar-refractivity contribution in [2.24, 2.45) is 7.05 Å².